The Bertz CT molecular complexity index is 667. The van der Waals surface area contributed by atoms with E-state index in [4.69, 9.17) is 9.26 Å². The molecular formula is C16H19NO4P+. The molecule has 0 heterocycles. The molecule has 0 aliphatic rings. The summed E-state index contributed by atoms with van der Waals surface area (Å²) in [5, 5.41) is 4.40. The summed E-state index contributed by atoms with van der Waals surface area (Å²) in [5.41, 5.74) is 0. The van der Waals surface area contributed by atoms with Crippen molar-refractivity contribution in [1.82, 2.24) is 5.09 Å². The first-order valence-electron chi connectivity index (χ1n) is 7.08. The van der Waals surface area contributed by atoms with E-state index in [-0.39, 0.29) is 12.5 Å². The third kappa shape index (κ3) is 4.79. The second-order valence-corrected chi connectivity index (χ2v) is 6.25. The highest BCUT2D eigenvalue weighted by atomic mass is 31.1. The Hall–Kier alpha value is -1.97. The number of hydrogen-bond acceptors (Lipinski definition) is 4. The Morgan fingerprint density at radius 3 is 2.68 bits per heavy atom. The van der Waals surface area contributed by atoms with E-state index in [9.17, 15) is 9.36 Å². The number of carbonyl (C=O) groups excluding carboxylic acids is 1. The zero-order chi connectivity index (χ0) is 15.9. The van der Waals surface area contributed by atoms with Crippen molar-refractivity contribution in [3.63, 3.8) is 0 Å². The lowest BCUT2D eigenvalue weighted by Crippen LogP contribution is -2.22. The molecule has 2 aromatic carbocycles. The van der Waals surface area contributed by atoms with Crippen LogP contribution in [0.2, 0.25) is 0 Å². The fraction of sp³-hybridized carbons (Fsp3) is 0.312. The molecule has 0 radical (unpaired) electrons. The fourth-order valence-electron chi connectivity index (χ4n) is 1.84. The highest BCUT2D eigenvalue weighted by Gasteiger charge is 2.22. The smallest absolute Gasteiger partial charge is 0.464 e. The highest BCUT2D eigenvalue weighted by molar-refractivity contribution is 7.37. The molecule has 1 unspecified atom stereocenters. The van der Waals surface area contributed by atoms with E-state index in [0.29, 0.717) is 12.4 Å². The Labute approximate surface area is 130 Å². The van der Waals surface area contributed by atoms with Crippen LogP contribution in [0.5, 0.6) is 5.75 Å². The summed E-state index contributed by atoms with van der Waals surface area (Å²) in [6.45, 7) is 4.10. The first-order valence-corrected chi connectivity index (χ1v) is 8.26. The molecule has 116 valence electrons. The minimum absolute atomic E-state index is 0.146. The van der Waals surface area contributed by atoms with Crippen LogP contribution >= 0.6 is 8.18 Å². The van der Waals surface area contributed by atoms with E-state index in [0.717, 1.165) is 10.8 Å². The van der Waals surface area contributed by atoms with Gasteiger partial charge in [0, 0.05) is 9.95 Å². The fourth-order valence-corrected chi connectivity index (χ4v) is 2.50. The summed E-state index contributed by atoms with van der Waals surface area (Å²) in [4.78, 5) is 11.4. The molecule has 0 amide bonds. The summed E-state index contributed by atoms with van der Waals surface area (Å²) in [7, 11) is -2.19. The van der Waals surface area contributed by atoms with Gasteiger partial charge in [-0.25, -0.2) is 4.52 Å². The summed E-state index contributed by atoms with van der Waals surface area (Å²) in [6, 6.07) is 13.2. The van der Waals surface area contributed by atoms with Gasteiger partial charge >= 0.3 is 14.1 Å². The van der Waals surface area contributed by atoms with Gasteiger partial charge in [0.2, 0.25) is 0 Å². The molecule has 2 aromatic rings. The topological polar surface area (TPSA) is 64.6 Å². The monoisotopic (exact) mass is 320 g/mol. The predicted octanol–water partition coefficient (Wildman–Crippen LogP) is 3.66. The van der Waals surface area contributed by atoms with E-state index in [1.165, 1.54) is 0 Å². The molecule has 1 atom stereocenters. The van der Waals surface area contributed by atoms with E-state index in [2.05, 4.69) is 5.09 Å². The van der Waals surface area contributed by atoms with Crippen LogP contribution in [0.4, 0.5) is 0 Å². The van der Waals surface area contributed by atoms with Crippen molar-refractivity contribution in [2.45, 2.75) is 13.8 Å². The van der Waals surface area contributed by atoms with Crippen molar-refractivity contribution < 1.29 is 18.6 Å². The molecular weight excluding hydrogens is 301 g/mol. The Balaban J connectivity index is 1.90. The van der Waals surface area contributed by atoms with Crippen molar-refractivity contribution >= 4 is 24.9 Å². The number of fused-ring (bicyclic) bond motifs is 1. The molecule has 1 N–H and O–H groups in total. The Morgan fingerprint density at radius 1 is 1.18 bits per heavy atom. The molecule has 5 nitrogen and oxygen atoms in total. The number of carbonyl (C=O) groups is 1. The van der Waals surface area contributed by atoms with E-state index in [1.54, 1.807) is 6.07 Å². The summed E-state index contributed by atoms with van der Waals surface area (Å²) >= 11 is 0. The second kappa shape index (κ2) is 7.87. The van der Waals surface area contributed by atoms with E-state index >= 15 is 0 Å². The van der Waals surface area contributed by atoms with Gasteiger partial charge in [-0.2, -0.15) is 0 Å². The maximum atomic E-state index is 11.9. The molecule has 0 aliphatic heterocycles. The van der Waals surface area contributed by atoms with Gasteiger partial charge in [0.1, 0.15) is 6.54 Å². The van der Waals surface area contributed by atoms with Gasteiger partial charge in [-0.3, -0.25) is 4.79 Å². The lowest BCUT2D eigenvalue weighted by atomic mass is 10.1. The number of ether oxygens (including phenoxy) is 1. The molecule has 0 saturated heterocycles. The third-order valence-electron chi connectivity index (χ3n) is 2.86. The van der Waals surface area contributed by atoms with Crippen LogP contribution in [-0.2, 0) is 14.1 Å². The predicted molar refractivity (Wildman–Crippen MR) is 86.0 cm³/mol. The van der Waals surface area contributed by atoms with Gasteiger partial charge in [-0.15, -0.1) is 0 Å². The summed E-state index contributed by atoms with van der Waals surface area (Å²) < 4.78 is 22.3. The minimum Gasteiger partial charge on any atom is -0.464 e. The quantitative estimate of drug-likeness (QED) is 0.623. The number of benzene rings is 2. The molecule has 22 heavy (non-hydrogen) atoms. The minimum atomic E-state index is -2.19. The van der Waals surface area contributed by atoms with Crippen molar-refractivity contribution in [1.29, 1.82) is 0 Å². The molecule has 0 spiro atoms. The Kier molecular flexibility index (Phi) is 5.87. The number of nitrogens with one attached hydrogen (secondary N) is 1. The van der Waals surface area contributed by atoms with Crippen LogP contribution in [0, 0.1) is 5.92 Å². The van der Waals surface area contributed by atoms with Crippen LogP contribution in [0.15, 0.2) is 42.5 Å². The van der Waals surface area contributed by atoms with E-state index < -0.39 is 14.1 Å². The third-order valence-corrected chi connectivity index (χ3v) is 3.64. The first kappa shape index (κ1) is 16.4. The summed E-state index contributed by atoms with van der Waals surface area (Å²) in [5.74, 6) is 0.338. The van der Waals surface area contributed by atoms with Crippen molar-refractivity contribution in [2.24, 2.45) is 5.92 Å². The summed E-state index contributed by atoms with van der Waals surface area (Å²) in [6.07, 6.45) is 0. The van der Waals surface area contributed by atoms with Crippen LogP contribution in [0.1, 0.15) is 13.8 Å². The lowest BCUT2D eigenvalue weighted by molar-refractivity contribution is -0.143. The zero-order valence-corrected chi connectivity index (χ0v) is 13.5. The van der Waals surface area contributed by atoms with Gasteiger partial charge in [-0.05, 0) is 17.4 Å². The average Bonchev–Trinajstić information content (AvgIpc) is 2.51. The zero-order valence-electron chi connectivity index (χ0n) is 12.6. The SMILES string of the molecule is CC(C)COC(=O)CN[P+](=O)Oc1cccc2ccccc12. The number of hydrogen-bond donors (Lipinski definition) is 1. The second-order valence-electron chi connectivity index (χ2n) is 5.24. The highest BCUT2D eigenvalue weighted by Crippen LogP contribution is 2.30. The maximum absolute atomic E-state index is 11.9. The van der Waals surface area contributed by atoms with Crippen molar-refractivity contribution in [3.05, 3.63) is 42.5 Å². The molecule has 0 saturated carbocycles. The molecule has 2 rings (SSSR count). The maximum Gasteiger partial charge on any atom is 0.664 e. The van der Waals surface area contributed by atoms with Crippen molar-refractivity contribution in [2.75, 3.05) is 13.2 Å². The molecule has 0 fully saturated rings. The normalized spacial score (nSPS) is 11.5. The van der Waals surface area contributed by atoms with Gasteiger partial charge in [0.15, 0.2) is 5.75 Å². The van der Waals surface area contributed by atoms with Gasteiger partial charge < -0.3 is 4.74 Å². The van der Waals surface area contributed by atoms with Crippen LogP contribution in [0.3, 0.4) is 0 Å². The average molecular weight is 320 g/mol. The van der Waals surface area contributed by atoms with Crippen LogP contribution < -0.4 is 9.61 Å². The first-order chi connectivity index (χ1) is 10.6. The molecule has 6 heteroatoms. The van der Waals surface area contributed by atoms with Crippen LogP contribution in [-0.4, -0.2) is 19.1 Å². The van der Waals surface area contributed by atoms with Gasteiger partial charge in [-0.1, -0.05) is 55.3 Å². The van der Waals surface area contributed by atoms with Gasteiger partial charge in [0.05, 0.1) is 6.61 Å². The van der Waals surface area contributed by atoms with Gasteiger partial charge in [0.25, 0.3) is 0 Å². The lowest BCUT2D eigenvalue weighted by Gasteiger charge is -2.05. The molecule has 0 bridgehead atoms. The van der Waals surface area contributed by atoms with E-state index in [1.807, 2.05) is 50.2 Å². The standard InChI is InChI=1S/C16H19NO4P/c1-12(2)11-20-16(18)10-17-22(19)21-15-9-5-7-13-6-3-4-8-14(13)15/h3-9,12H,10-11H2,1-2H3,(H,17,19)/q+1. The largest absolute Gasteiger partial charge is 0.664 e. The molecule has 0 aromatic heterocycles. The van der Waals surface area contributed by atoms with Crippen LogP contribution in [0.25, 0.3) is 10.8 Å². The number of esters is 1. The molecule has 0 aliphatic carbocycles. The number of rotatable bonds is 7. The Morgan fingerprint density at radius 2 is 1.91 bits per heavy atom. The van der Waals surface area contributed by atoms with Crippen molar-refractivity contribution in [3.8, 4) is 5.75 Å².